The first kappa shape index (κ1) is 32.3. The van der Waals surface area contributed by atoms with Crippen molar-refractivity contribution in [2.75, 3.05) is 48.8 Å². The van der Waals surface area contributed by atoms with Crippen LogP contribution < -0.4 is 25.0 Å². The fourth-order valence-corrected chi connectivity index (χ4v) is 6.14. The van der Waals surface area contributed by atoms with E-state index in [1.165, 1.54) is 24.7 Å². The summed E-state index contributed by atoms with van der Waals surface area (Å²) in [5.41, 5.74) is 1.59. The van der Waals surface area contributed by atoms with Crippen LogP contribution in [0.15, 0.2) is 61.6 Å². The van der Waals surface area contributed by atoms with Gasteiger partial charge >= 0.3 is 0 Å². The second-order valence-electron chi connectivity index (χ2n) is 11.7. The van der Waals surface area contributed by atoms with Crippen molar-refractivity contribution in [1.82, 2.24) is 19.9 Å². The monoisotopic (exact) mass is 661 g/mol. The molecule has 0 aliphatic carbocycles. The summed E-state index contributed by atoms with van der Waals surface area (Å²) in [6.45, 7) is 10.3. The molecule has 13 heteroatoms. The minimum atomic E-state index is -0.539. The number of likely N-dealkylation sites (tertiary alicyclic amines) is 1. The van der Waals surface area contributed by atoms with Gasteiger partial charge in [-0.25, -0.2) is 19.3 Å². The maximum Gasteiger partial charge on any atom is 0.245 e. The Hall–Kier alpha value is -4.68. The van der Waals surface area contributed by atoms with Gasteiger partial charge in [0, 0.05) is 55.8 Å². The molecule has 0 saturated carbocycles. The molecule has 0 unspecified atom stereocenters. The van der Waals surface area contributed by atoms with E-state index in [4.69, 9.17) is 25.8 Å². The zero-order chi connectivity index (χ0) is 33.1. The number of nitrogens with zero attached hydrogens (tertiary/aromatic N) is 5. The molecular formula is C34H37ClFN7O4. The van der Waals surface area contributed by atoms with Crippen LogP contribution in [0.4, 0.5) is 27.4 Å². The van der Waals surface area contributed by atoms with Crippen molar-refractivity contribution in [3.8, 4) is 17.2 Å². The van der Waals surface area contributed by atoms with Crippen molar-refractivity contribution < 1.29 is 23.4 Å². The molecule has 2 saturated heterocycles. The van der Waals surface area contributed by atoms with Gasteiger partial charge in [-0.15, -0.1) is 0 Å². The van der Waals surface area contributed by atoms with Crippen LogP contribution in [0.3, 0.4) is 0 Å². The molecule has 2 fully saturated rings. The molecule has 6 rings (SSSR count). The first-order chi connectivity index (χ1) is 22.7. The Labute approximate surface area is 277 Å². The largest absolute Gasteiger partial charge is 0.495 e. The standard InChI is InChI=1S/C34H37ClFN7O4/c1-5-33(44)42-10-8-22(9-11-42)40-29-13-24-28(14-31(29)45-4)38-19-39-34(24)41-27-7-6-23(12-26(27)36)47-30-15-32(37-16-25(30)35)43-17-20(2)46-21(3)18-43/h5-7,12-16,19-22,40H,1,8-11,17-18H2,2-4H3,(H,38,39,41)/t20-,21+. The number of aromatic nitrogens is 3. The fourth-order valence-electron chi connectivity index (χ4n) is 6.00. The van der Waals surface area contributed by atoms with E-state index in [-0.39, 0.29) is 35.6 Å². The second-order valence-corrected chi connectivity index (χ2v) is 12.2. The summed E-state index contributed by atoms with van der Waals surface area (Å²) in [7, 11) is 1.60. The van der Waals surface area contributed by atoms with E-state index in [1.54, 1.807) is 30.2 Å². The van der Waals surface area contributed by atoms with Gasteiger partial charge in [0.2, 0.25) is 5.91 Å². The molecule has 11 nitrogen and oxygen atoms in total. The molecule has 47 heavy (non-hydrogen) atoms. The third-order valence-electron chi connectivity index (χ3n) is 8.27. The topological polar surface area (TPSA) is 114 Å². The first-order valence-corrected chi connectivity index (χ1v) is 15.9. The number of piperidine rings is 1. The Morgan fingerprint density at radius 1 is 1.06 bits per heavy atom. The molecule has 0 spiro atoms. The number of methoxy groups -OCH3 is 1. The molecule has 4 heterocycles. The number of anilines is 4. The summed E-state index contributed by atoms with van der Waals surface area (Å²) in [6.07, 6.45) is 5.96. The summed E-state index contributed by atoms with van der Waals surface area (Å²) >= 11 is 6.41. The zero-order valence-corrected chi connectivity index (χ0v) is 27.3. The molecule has 2 atom stereocenters. The first-order valence-electron chi connectivity index (χ1n) is 15.5. The third kappa shape index (κ3) is 7.34. The summed E-state index contributed by atoms with van der Waals surface area (Å²) in [5.74, 6) is 1.81. The van der Waals surface area contributed by atoms with Crippen molar-refractivity contribution in [3.63, 3.8) is 0 Å². The van der Waals surface area contributed by atoms with Crippen molar-refractivity contribution >= 4 is 51.4 Å². The molecule has 2 N–H and O–H groups in total. The Bertz CT molecular complexity index is 1780. The van der Waals surface area contributed by atoms with E-state index in [0.29, 0.717) is 65.2 Å². The van der Waals surface area contributed by atoms with Crippen molar-refractivity contribution in [2.45, 2.75) is 44.9 Å². The van der Waals surface area contributed by atoms with E-state index >= 15 is 4.39 Å². The number of carbonyl (C=O) groups excluding carboxylic acids is 1. The Kier molecular flexibility index (Phi) is 9.60. The Morgan fingerprint density at radius 2 is 1.83 bits per heavy atom. The van der Waals surface area contributed by atoms with Crippen molar-refractivity contribution in [2.24, 2.45) is 0 Å². The maximum absolute atomic E-state index is 15.5. The summed E-state index contributed by atoms with van der Waals surface area (Å²) < 4.78 is 33.0. The fraction of sp³-hybridized carbons (Fsp3) is 0.353. The molecule has 2 aliphatic rings. The zero-order valence-electron chi connectivity index (χ0n) is 26.5. The number of benzene rings is 2. The Morgan fingerprint density at radius 3 is 2.53 bits per heavy atom. The SMILES string of the molecule is C=CC(=O)N1CCC(Nc2cc3c(Nc4ccc(Oc5cc(N6C[C@@H](C)O[C@@H](C)C6)ncc5Cl)cc4F)ncnc3cc2OC)CC1. The highest BCUT2D eigenvalue weighted by atomic mass is 35.5. The van der Waals surface area contributed by atoms with E-state index in [9.17, 15) is 4.79 Å². The smallest absolute Gasteiger partial charge is 0.245 e. The predicted octanol–water partition coefficient (Wildman–Crippen LogP) is 6.56. The van der Waals surface area contributed by atoms with Crippen LogP contribution in [-0.4, -0.2) is 77.3 Å². The molecule has 4 aromatic rings. The number of rotatable bonds is 9. The number of amides is 1. The van der Waals surface area contributed by atoms with E-state index in [0.717, 1.165) is 18.5 Å². The lowest BCUT2D eigenvalue weighted by atomic mass is 10.0. The number of halogens is 2. The number of ether oxygens (including phenoxy) is 3. The number of hydrogen-bond acceptors (Lipinski definition) is 10. The number of hydrogen-bond donors (Lipinski definition) is 2. The van der Waals surface area contributed by atoms with Crippen molar-refractivity contribution in [3.05, 3.63) is 72.4 Å². The molecule has 0 radical (unpaired) electrons. The minimum absolute atomic E-state index is 0.0603. The van der Waals surface area contributed by atoms with Gasteiger partial charge in [0.15, 0.2) is 5.75 Å². The van der Waals surface area contributed by atoms with Crippen LogP contribution >= 0.6 is 11.6 Å². The molecule has 246 valence electrons. The van der Waals surface area contributed by atoms with Crippen LogP contribution in [0.5, 0.6) is 17.2 Å². The predicted molar refractivity (Wildman–Crippen MR) is 181 cm³/mol. The van der Waals surface area contributed by atoms with Gasteiger partial charge in [0.05, 0.1) is 42.4 Å². The van der Waals surface area contributed by atoms with Gasteiger partial charge in [-0.1, -0.05) is 18.2 Å². The van der Waals surface area contributed by atoms with Gasteiger partial charge in [-0.2, -0.15) is 0 Å². The van der Waals surface area contributed by atoms with E-state index < -0.39 is 5.82 Å². The Balaban J connectivity index is 1.19. The highest BCUT2D eigenvalue weighted by Gasteiger charge is 2.25. The van der Waals surface area contributed by atoms with Gasteiger partial charge < -0.3 is 34.6 Å². The van der Waals surface area contributed by atoms with Crippen LogP contribution in [0.1, 0.15) is 26.7 Å². The molecular weight excluding hydrogens is 625 g/mol. The number of fused-ring (bicyclic) bond motifs is 1. The number of morpholine rings is 1. The van der Waals surface area contributed by atoms with Crippen LogP contribution in [0.25, 0.3) is 10.9 Å². The summed E-state index contributed by atoms with van der Waals surface area (Å²) in [4.78, 5) is 29.2. The maximum atomic E-state index is 15.5. The van der Waals surface area contributed by atoms with E-state index in [1.807, 2.05) is 26.0 Å². The van der Waals surface area contributed by atoms with Crippen LogP contribution in [0.2, 0.25) is 5.02 Å². The molecule has 2 aliphatic heterocycles. The van der Waals surface area contributed by atoms with Gasteiger partial charge in [-0.3, -0.25) is 4.79 Å². The highest BCUT2D eigenvalue weighted by molar-refractivity contribution is 6.32. The number of pyridine rings is 1. The third-order valence-corrected chi connectivity index (χ3v) is 8.55. The number of nitrogens with one attached hydrogen (secondary N) is 2. The summed E-state index contributed by atoms with van der Waals surface area (Å²) in [5, 5.41) is 7.65. The molecule has 1 amide bonds. The van der Waals surface area contributed by atoms with E-state index in [2.05, 4.69) is 37.1 Å². The highest BCUT2D eigenvalue weighted by Crippen LogP contribution is 2.37. The van der Waals surface area contributed by atoms with Gasteiger partial charge in [0.25, 0.3) is 0 Å². The lowest BCUT2D eigenvalue weighted by molar-refractivity contribution is -0.126. The average molecular weight is 662 g/mol. The average Bonchev–Trinajstić information content (AvgIpc) is 3.06. The lowest BCUT2D eigenvalue weighted by Gasteiger charge is -2.36. The molecule has 2 aromatic heterocycles. The lowest BCUT2D eigenvalue weighted by Crippen LogP contribution is -2.45. The molecule has 0 bridgehead atoms. The quantitative estimate of drug-likeness (QED) is 0.191. The summed E-state index contributed by atoms with van der Waals surface area (Å²) in [6, 6.07) is 10.1. The number of carbonyl (C=O) groups is 1. The van der Waals surface area contributed by atoms with Gasteiger partial charge in [-0.05, 0) is 51.0 Å². The second kappa shape index (κ2) is 14.0. The van der Waals surface area contributed by atoms with Gasteiger partial charge in [0.1, 0.15) is 40.3 Å². The van der Waals surface area contributed by atoms with Crippen LogP contribution in [0, 0.1) is 5.82 Å². The van der Waals surface area contributed by atoms with Crippen LogP contribution in [-0.2, 0) is 9.53 Å². The molecule has 2 aromatic carbocycles. The normalized spacial score (nSPS) is 18.6. The van der Waals surface area contributed by atoms with Crippen molar-refractivity contribution in [1.29, 1.82) is 0 Å². The minimum Gasteiger partial charge on any atom is -0.495 e.